The topological polar surface area (TPSA) is 42.4 Å². The standard InChI is InChI=1S/C9H12ClNO2/c1-7(5-12)6-13-9-2-8(10)3-11-4-9/h2-4,7,12H,5-6H2,1H3. The molecule has 1 aromatic rings. The van der Waals surface area contributed by atoms with Crippen molar-refractivity contribution in [2.75, 3.05) is 13.2 Å². The lowest BCUT2D eigenvalue weighted by Gasteiger charge is -2.09. The Morgan fingerprint density at radius 1 is 1.62 bits per heavy atom. The van der Waals surface area contributed by atoms with Gasteiger partial charge in [0.1, 0.15) is 5.75 Å². The lowest BCUT2D eigenvalue weighted by molar-refractivity contribution is 0.174. The van der Waals surface area contributed by atoms with E-state index in [-0.39, 0.29) is 12.5 Å². The zero-order valence-electron chi connectivity index (χ0n) is 7.40. The highest BCUT2D eigenvalue weighted by Gasteiger charge is 2.01. The Morgan fingerprint density at radius 2 is 2.38 bits per heavy atom. The number of halogens is 1. The first-order valence-corrected chi connectivity index (χ1v) is 4.44. The van der Waals surface area contributed by atoms with E-state index in [2.05, 4.69) is 4.98 Å². The first kappa shape index (κ1) is 10.3. The van der Waals surface area contributed by atoms with Crippen molar-refractivity contribution in [2.24, 2.45) is 5.92 Å². The minimum atomic E-state index is 0.119. The quantitative estimate of drug-likeness (QED) is 0.807. The second-order valence-corrected chi connectivity index (χ2v) is 3.37. The van der Waals surface area contributed by atoms with Gasteiger partial charge in [-0.2, -0.15) is 0 Å². The van der Waals surface area contributed by atoms with Gasteiger partial charge in [0.2, 0.25) is 0 Å². The van der Waals surface area contributed by atoms with Crippen molar-refractivity contribution in [1.29, 1.82) is 0 Å². The molecule has 0 aliphatic carbocycles. The predicted octanol–water partition coefficient (Wildman–Crippen LogP) is 1.74. The molecule has 13 heavy (non-hydrogen) atoms. The van der Waals surface area contributed by atoms with Gasteiger partial charge in [0.05, 0.1) is 17.8 Å². The summed E-state index contributed by atoms with van der Waals surface area (Å²) in [6.45, 7) is 2.49. The molecule has 0 amide bonds. The summed E-state index contributed by atoms with van der Waals surface area (Å²) in [5.74, 6) is 0.756. The molecule has 1 rings (SSSR count). The maximum atomic E-state index is 8.75. The highest BCUT2D eigenvalue weighted by atomic mass is 35.5. The van der Waals surface area contributed by atoms with Gasteiger partial charge in [0.15, 0.2) is 0 Å². The molecule has 0 saturated heterocycles. The van der Waals surface area contributed by atoms with Crippen molar-refractivity contribution >= 4 is 11.6 Å². The SMILES string of the molecule is CC(CO)COc1cncc(Cl)c1. The lowest BCUT2D eigenvalue weighted by Crippen LogP contribution is -2.12. The van der Waals surface area contributed by atoms with Crippen LogP contribution in [0.5, 0.6) is 5.75 Å². The lowest BCUT2D eigenvalue weighted by atomic mass is 10.2. The van der Waals surface area contributed by atoms with Gasteiger partial charge >= 0.3 is 0 Å². The third-order valence-electron chi connectivity index (χ3n) is 1.53. The molecule has 0 saturated carbocycles. The Bertz CT molecular complexity index is 268. The molecule has 4 heteroatoms. The monoisotopic (exact) mass is 201 g/mol. The van der Waals surface area contributed by atoms with Crippen LogP contribution >= 0.6 is 11.6 Å². The second kappa shape index (κ2) is 5.04. The van der Waals surface area contributed by atoms with Crippen LogP contribution in [0.15, 0.2) is 18.5 Å². The Labute approximate surface area is 82.3 Å². The number of rotatable bonds is 4. The molecule has 0 aromatic carbocycles. The molecule has 72 valence electrons. The fraction of sp³-hybridized carbons (Fsp3) is 0.444. The predicted molar refractivity (Wildman–Crippen MR) is 51.0 cm³/mol. The number of aliphatic hydroxyl groups excluding tert-OH is 1. The van der Waals surface area contributed by atoms with Gasteiger partial charge in [0.25, 0.3) is 0 Å². The number of nitrogens with zero attached hydrogens (tertiary/aromatic N) is 1. The minimum absolute atomic E-state index is 0.119. The fourth-order valence-corrected chi connectivity index (χ4v) is 0.926. The molecule has 1 unspecified atom stereocenters. The molecule has 0 aliphatic rings. The van der Waals surface area contributed by atoms with E-state index < -0.39 is 0 Å². The summed E-state index contributed by atoms with van der Waals surface area (Å²) in [5.41, 5.74) is 0. The van der Waals surface area contributed by atoms with Crippen molar-refractivity contribution in [3.8, 4) is 5.75 Å². The van der Waals surface area contributed by atoms with E-state index in [4.69, 9.17) is 21.4 Å². The average molecular weight is 202 g/mol. The van der Waals surface area contributed by atoms with Crippen molar-refractivity contribution in [3.05, 3.63) is 23.5 Å². The molecule has 3 nitrogen and oxygen atoms in total. The van der Waals surface area contributed by atoms with Gasteiger partial charge in [0, 0.05) is 24.8 Å². The first-order chi connectivity index (χ1) is 6.22. The molecule has 0 radical (unpaired) electrons. The van der Waals surface area contributed by atoms with E-state index in [0.29, 0.717) is 17.4 Å². The van der Waals surface area contributed by atoms with Crippen LogP contribution < -0.4 is 4.74 Å². The zero-order valence-corrected chi connectivity index (χ0v) is 8.16. The largest absolute Gasteiger partial charge is 0.492 e. The Balaban J connectivity index is 2.45. The van der Waals surface area contributed by atoms with Gasteiger partial charge in [-0.05, 0) is 0 Å². The number of ether oxygens (including phenoxy) is 1. The number of aliphatic hydroxyl groups is 1. The zero-order chi connectivity index (χ0) is 9.68. The third-order valence-corrected chi connectivity index (χ3v) is 1.73. The number of hydrogen-bond acceptors (Lipinski definition) is 3. The van der Waals surface area contributed by atoms with Crippen LogP contribution in [-0.2, 0) is 0 Å². The van der Waals surface area contributed by atoms with Crippen LogP contribution in [0.25, 0.3) is 0 Å². The van der Waals surface area contributed by atoms with Gasteiger partial charge < -0.3 is 9.84 Å². The minimum Gasteiger partial charge on any atom is -0.492 e. The highest BCUT2D eigenvalue weighted by molar-refractivity contribution is 6.30. The van der Waals surface area contributed by atoms with Gasteiger partial charge in [-0.3, -0.25) is 4.98 Å². The molecule has 0 aliphatic heterocycles. The highest BCUT2D eigenvalue weighted by Crippen LogP contribution is 2.15. The van der Waals surface area contributed by atoms with E-state index in [1.165, 1.54) is 0 Å². The molecule has 1 atom stereocenters. The molecule has 1 aromatic heterocycles. The van der Waals surface area contributed by atoms with Gasteiger partial charge in [-0.15, -0.1) is 0 Å². The van der Waals surface area contributed by atoms with Crippen molar-refractivity contribution in [1.82, 2.24) is 4.98 Å². The van der Waals surface area contributed by atoms with Crippen molar-refractivity contribution in [2.45, 2.75) is 6.92 Å². The Kier molecular flexibility index (Phi) is 3.99. The molecule has 1 heterocycles. The van der Waals surface area contributed by atoms with Crippen molar-refractivity contribution < 1.29 is 9.84 Å². The molecule has 0 spiro atoms. The van der Waals surface area contributed by atoms with Crippen LogP contribution in [-0.4, -0.2) is 23.3 Å². The van der Waals surface area contributed by atoms with Gasteiger partial charge in [-0.25, -0.2) is 0 Å². The summed E-state index contributed by atoms with van der Waals surface area (Å²) in [7, 11) is 0. The maximum absolute atomic E-state index is 8.75. The second-order valence-electron chi connectivity index (χ2n) is 2.94. The Morgan fingerprint density at radius 3 is 3.00 bits per heavy atom. The number of hydrogen-bond donors (Lipinski definition) is 1. The van der Waals surface area contributed by atoms with E-state index in [9.17, 15) is 0 Å². The van der Waals surface area contributed by atoms with E-state index in [1.54, 1.807) is 18.5 Å². The average Bonchev–Trinajstić information content (AvgIpc) is 2.14. The summed E-state index contributed by atoms with van der Waals surface area (Å²) in [4.78, 5) is 3.87. The number of aromatic nitrogens is 1. The van der Waals surface area contributed by atoms with E-state index in [0.717, 1.165) is 0 Å². The first-order valence-electron chi connectivity index (χ1n) is 4.06. The molecule has 0 fully saturated rings. The molecule has 1 N–H and O–H groups in total. The van der Waals surface area contributed by atoms with Gasteiger partial charge in [-0.1, -0.05) is 18.5 Å². The summed E-state index contributed by atoms with van der Waals surface area (Å²) in [5, 5.41) is 9.30. The molecular weight excluding hydrogens is 190 g/mol. The van der Waals surface area contributed by atoms with Crippen LogP contribution in [0.2, 0.25) is 5.02 Å². The van der Waals surface area contributed by atoms with Crippen molar-refractivity contribution in [3.63, 3.8) is 0 Å². The third kappa shape index (κ3) is 3.61. The normalized spacial score (nSPS) is 12.5. The summed E-state index contributed by atoms with van der Waals surface area (Å²) < 4.78 is 5.33. The summed E-state index contributed by atoms with van der Waals surface area (Å²) >= 11 is 5.70. The number of pyridine rings is 1. The van der Waals surface area contributed by atoms with Crippen LogP contribution in [0.1, 0.15) is 6.92 Å². The van der Waals surface area contributed by atoms with Crippen LogP contribution in [0, 0.1) is 5.92 Å². The maximum Gasteiger partial charge on any atom is 0.139 e. The summed E-state index contributed by atoms with van der Waals surface area (Å²) in [6.07, 6.45) is 3.14. The molecule has 0 bridgehead atoms. The smallest absolute Gasteiger partial charge is 0.139 e. The van der Waals surface area contributed by atoms with Crippen LogP contribution in [0.3, 0.4) is 0 Å². The van der Waals surface area contributed by atoms with E-state index >= 15 is 0 Å². The van der Waals surface area contributed by atoms with E-state index in [1.807, 2.05) is 6.92 Å². The fourth-order valence-electron chi connectivity index (χ4n) is 0.762. The van der Waals surface area contributed by atoms with Crippen LogP contribution in [0.4, 0.5) is 0 Å². The summed E-state index contributed by atoms with van der Waals surface area (Å²) in [6, 6.07) is 1.69. The molecular formula is C9H12ClNO2. The Hall–Kier alpha value is -0.800.